The molecule has 1 saturated heterocycles. The van der Waals surface area contributed by atoms with Crippen LogP contribution in [0.4, 0.5) is 4.39 Å². The van der Waals surface area contributed by atoms with E-state index in [1.807, 2.05) is 0 Å². The number of halogens is 1. The molecule has 0 bridgehead atoms. The summed E-state index contributed by atoms with van der Waals surface area (Å²) in [6, 6.07) is 0. The first kappa shape index (κ1) is 0.947. The standard InChI is InChI=1S/C5H10FN/c6-5-2-1-3-7-4-5/h5,7H,1-4H2/i1D2,2D2,3D2,4D2,5D. The first-order chi connectivity index (χ1) is 6.71. The SMILES string of the molecule is [2H]C1([2H])NC([2H])([2H])C([2H])(F)C([2H])([2H])C1([2H])[2H]. The first-order valence-electron chi connectivity index (χ1n) is 6.19. The molecule has 0 radical (unpaired) electrons. The number of nitrogens with one attached hydrogen (secondary N) is 1. The van der Waals surface area contributed by atoms with Crippen molar-refractivity contribution in [1.82, 2.24) is 5.32 Å². The van der Waals surface area contributed by atoms with E-state index in [1.165, 1.54) is 5.32 Å². The zero-order valence-corrected chi connectivity index (χ0v) is 3.38. The molecule has 1 heterocycles. The third kappa shape index (κ3) is 1.43. The third-order valence-electron chi connectivity index (χ3n) is 0.469. The van der Waals surface area contributed by atoms with E-state index in [0.717, 1.165) is 0 Å². The molecule has 0 spiro atoms. The zero-order chi connectivity index (χ0) is 13.2. The Bertz CT molecular complexity index is 283. The van der Waals surface area contributed by atoms with Crippen LogP contribution in [0, 0.1) is 0 Å². The second-order valence-electron chi connectivity index (χ2n) is 0.939. The number of piperidine rings is 1. The van der Waals surface area contributed by atoms with Crippen LogP contribution >= 0.6 is 0 Å². The van der Waals surface area contributed by atoms with Crippen LogP contribution in [0.5, 0.6) is 0 Å². The van der Waals surface area contributed by atoms with Gasteiger partial charge in [-0.3, -0.25) is 0 Å². The lowest BCUT2D eigenvalue weighted by Gasteiger charge is -2.14. The maximum atomic E-state index is 13.7. The second kappa shape index (κ2) is 2.26. The van der Waals surface area contributed by atoms with Crippen LogP contribution in [0.2, 0.25) is 0 Å². The highest BCUT2D eigenvalue weighted by Gasteiger charge is 2.08. The summed E-state index contributed by atoms with van der Waals surface area (Å²) >= 11 is 0. The van der Waals surface area contributed by atoms with Crippen LogP contribution in [0.3, 0.4) is 0 Å². The fourth-order valence-corrected chi connectivity index (χ4v) is 0.235. The molecule has 0 amide bonds. The maximum Gasteiger partial charge on any atom is 0.113 e. The Hall–Kier alpha value is -0.110. The van der Waals surface area contributed by atoms with E-state index in [9.17, 15) is 4.39 Å². The number of rotatable bonds is 0. The van der Waals surface area contributed by atoms with Crippen LogP contribution in [-0.2, 0) is 0 Å². The molecule has 1 aliphatic heterocycles. The molecule has 1 nitrogen and oxygen atoms in total. The van der Waals surface area contributed by atoms with Crippen molar-refractivity contribution in [3.8, 4) is 0 Å². The molecule has 7 heavy (non-hydrogen) atoms. The van der Waals surface area contributed by atoms with Gasteiger partial charge < -0.3 is 5.32 Å². The van der Waals surface area contributed by atoms with Gasteiger partial charge in [0.2, 0.25) is 0 Å². The van der Waals surface area contributed by atoms with Gasteiger partial charge in [-0.05, 0) is 19.2 Å². The number of alkyl halides is 1. The van der Waals surface area contributed by atoms with E-state index in [0.29, 0.717) is 0 Å². The summed E-state index contributed by atoms with van der Waals surface area (Å²) in [6.45, 7) is -6.47. The van der Waals surface area contributed by atoms with Gasteiger partial charge in [0.15, 0.2) is 0 Å². The lowest BCUT2D eigenvalue weighted by Crippen LogP contribution is -2.30. The van der Waals surface area contributed by atoms with Gasteiger partial charge in [0.05, 0.1) is 1.37 Å². The summed E-state index contributed by atoms with van der Waals surface area (Å²) in [5, 5.41) is 1.36. The molecule has 1 rings (SSSR count). The van der Waals surface area contributed by atoms with Crippen molar-refractivity contribution >= 4 is 0 Å². The van der Waals surface area contributed by atoms with E-state index in [4.69, 9.17) is 12.3 Å². The maximum absolute atomic E-state index is 13.7. The summed E-state index contributed by atoms with van der Waals surface area (Å²) in [5.41, 5.74) is 0. The summed E-state index contributed by atoms with van der Waals surface area (Å²) < 4.78 is 77.8. The molecule has 42 valence electrons. The third-order valence-corrected chi connectivity index (χ3v) is 0.469. The molecule has 1 aliphatic rings. The highest BCUT2D eigenvalue weighted by atomic mass is 19.1. The highest BCUT2D eigenvalue weighted by molar-refractivity contribution is 4.66. The predicted octanol–water partition coefficient (Wildman–Crippen LogP) is 0.708. The summed E-state index contributed by atoms with van der Waals surface area (Å²) in [4.78, 5) is 0. The van der Waals surface area contributed by atoms with Crippen LogP contribution in [-0.4, -0.2) is 19.1 Å². The van der Waals surface area contributed by atoms with Crippen LogP contribution in [0.1, 0.15) is 25.1 Å². The molecule has 1 N–H and O–H groups in total. The van der Waals surface area contributed by atoms with Crippen molar-refractivity contribution in [2.75, 3.05) is 13.0 Å². The summed E-state index contributed by atoms with van der Waals surface area (Å²) in [6.07, 6.45) is -11.0. The monoisotopic (exact) mass is 112 g/mol. The highest BCUT2D eigenvalue weighted by Crippen LogP contribution is 2.03. The smallest absolute Gasteiger partial charge is 0.113 e. The average Bonchev–Trinajstić information content (AvgIpc) is 1.98. The Morgan fingerprint density at radius 3 is 3.71 bits per heavy atom. The fourth-order valence-electron chi connectivity index (χ4n) is 0.235. The Labute approximate surface area is 55.6 Å². The van der Waals surface area contributed by atoms with Gasteiger partial charge in [0.1, 0.15) is 6.15 Å². The van der Waals surface area contributed by atoms with E-state index in [1.54, 1.807) is 0 Å². The molecule has 0 aromatic heterocycles. The molecule has 1 fully saturated rings. The fraction of sp³-hybridized carbons (Fsp3) is 1.00. The zero-order valence-electron chi connectivity index (χ0n) is 12.4. The first-order valence-corrected chi connectivity index (χ1v) is 1.69. The Kier molecular flexibility index (Phi) is 0.306. The van der Waals surface area contributed by atoms with E-state index in [-0.39, 0.29) is 0 Å². The molecule has 0 aromatic carbocycles. The molecular weight excluding hydrogens is 93.1 g/mol. The van der Waals surface area contributed by atoms with Crippen molar-refractivity contribution in [3.63, 3.8) is 0 Å². The van der Waals surface area contributed by atoms with Gasteiger partial charge in [-0.15, -0.1) is 0 Å². The number of hydrogen-bond acceptors (Lipinski definition) is 1. The minimum absolute atomic E-state index is 1.36. The van der Waals surface area contributed by atoms with Gasteiger partial charge in [-0.1, -0.05) is 0 Å². The van der Waals surface area contributed by atoms with Crippen LogP contribution in [0.25, 0.3) is 0 Å². The Morgan fingerprint density at radius 2 is 2.86 bits per heavy atom. The van der Waals surface area contributed by atoms with Gasteiger partial charge in [0, 0.05) is 17.5 Å². The van der Waals surface area contributed by atoms with Gasteiger partial charge >= 0.3 is 0 Å². The van der Waals surface area contributed by atoms with Gasteiger partial charge in [-0.2, -0.15) is 0 Å². The van der Waals surface area contributed by atoms with Crippen molar-refractivity contribution < 1.29 is 16.7 Å². The molecule has 2 heteroatoms. The predicted molar refractivity (Wildman–Crippen MR) is 27.0 cm³/mol. The lowest BCUT2D eigenvalue weighted by molar-refractivity contribution is 0.266. The van der Waals surface area contributed by atoms with Crippen molar-refractivity contribution in [1.29, 1.82) is 0 Å². The topological polar surface area (TPSA) is 12.0 Å². The minimum atomic E-state index is -3.95. The average molecular weight is 112 g/mol. The van der Waals surface area contributed by atoms with E-state index >= 15 is 0 Å². The van der Waals surface area contributed by atoms with Gasteiger partial charge in [-0.25, -0.2) is 4.39 Å². The van der Waals surface area contributed by atoms with Crippen molar-refractivity contribution in [2.45, 2.75) is 18.9 Å². The number of hydrogen-bond donors (Lipinski definition) is 1. The largest absolute Gasteiger partial charge is 0.314 e. The van der Waals surface area contributed by atoms with Crippen LogP contribution in [0.15, 0.2) is 0 Å². The summed E-state index contributed by atoms with van der Waals surface area (Å²) in [7, 11) is 0. The normalized spacial score (nSPS) is 91.3. The Balaban J connectivity index is 3.43. The van der Waals surface area contributed by atoms with E-state index < -0.39 is 31.9 Å². The minimum Gasteiger partial charge on any atom is -0.314 e. The van der Waals surface area contributed by atoms with Crippen molar-refractivity contribution in [3.05, 3.63) is 0 Å². The van der Waals surface area contributed by atoms with Gasteiger partial charge in [0.25, 0.3) is 0 Å². The Morgan fingerprint density at radius 1 is 2.00 bits per heavy atom. The summed E-state index contributed by atoms with van der Waals surface area (Å²) in [5.74, 6) is 0. The lowest BCUT2D eigenvalue weighted by atomic mass is 10.1. The molecular formula is C5H10FN. The molecule has 1 atom stereocenters. The van der Waals surface area contributed by atoms with Crippen molar-refractivity contribution in [2.24, 2.45) is 0 Å². The quantitative estimate of drug-likeness (QED) is 0.486. The van der Waals surface area contributed by atoms with Crippen LogP contribution < -0.4 is 5.32 Å². The van der Waals surface area contributed by atoms with E-state index in [2.05, 4.69) is 0 Å². The second-order valence-corrected chi connectivity index (χ2v) is 0.939. The molecule has 0 aromatic rings. The molecule has 0 aliphatic carbocycles. The molecule has 1 unspecified atom stereocenters. The molecule has 0 saturated carbocycles.